The number of aromatic nitrogens is 1. The highest BCUT2D eigenvalue weighted by Crippen LogP contribution is 2.34. The second-order valence-corrected chi connectivity index (χ2v) is 6.11. The number of carbonyl (C=O) groups is 1. The summed E-state index contributed by atoms with van der Waals surface area (Å²) < 4.78 is 83.9. The fourth-order valence-corrected chi connectivity index (χ4v) is 2.68. The lowest BCUT2D eigenvalue weighted by Gasteiger charge is -2.16. The van der Waals surface area contributed by atoms with Gasteiger partial charge >= 0.3 is 24.0 Å². The molecule has 0 saturated carbocycles. The van der Waals surface area contributed by atoms with Crippen LogP contribution in [0, 0.1) is 0 Å². The molecule has 1 heterocycles. The van der Waals surface area contributed by atoms with Gasteiger partial charge < -0.3 is 9.15 Å². The minimum Gasteiger partial charge on any atom is -0.404 e. The fraction of sp³-hybridized carbons (Fsp3) is 0.105. The first kappa shape index (κ1) is 22.7. The molecule has 0 fully saturated rings. The van der Waals surface area contributed by atoms with E-state index >= 15 is 0 Å². The Kier molecular flexibility index (Phi) is 5.84. The highest BCUT2D eigenvalue weighted by molar-refractivity contribution is 5.99. The van der Waals surface area contributed by atoms with Crippen molar-refractivity contribution in [2.24, 2.45) is 0 Å². The number of hydrogen-bond donors (Lipinski definition) is 1. The van der Waals surface area contributed by atoms with E-state index in [1.54, 1.807) is 0 Å². The minimum absolute atomic E-state index is 0.0720. The minimum atomic E-state index is -5.28. The Hall–Kier alpha value is -4.03. The zero-order chi connectivity index (χ0) is 23.7. The Bertz CT molecular complexity index is 1320. The van der Waals surface area contributed by atoms with Gasteiger partial charge in [0.2, 0.25) is 0 Å². The molecule has 0 radical (unpaired) electrons. The number of anilines is 1. The van der Waals surface area contributed by atoms with E-state index in [1.165, 1.54) is 24.3 Å². The summed E-state index contributed by atoms with van der Waals surface area (Å²) in [5, 5.41) is 0.848. The summed E-state index contributed by atoms with van der Waals surface area (Å²) >= 11 is 0. The first-order chi connectivity index (χ1) is 14.8. The topological polar surface area (TPSA) is 90.5 Å². The Morgan fingerprint density at radius 3 is 2.38 bits per heavy atom. The quantitative estimate of drug-likeness (QED) is 0.358. The number of halogens is 6. The molecule has 3 rings (SSSR count). The largest absolute Gasteiger partial charge is 0.573 e. The van der Waals surface area contributed by atoms with Crippen LogP contribution in [0.15, 0.2) is 62.5 Å². The number of benzene rings is 2. The number of alkyl halides is 6. The molecule has 0 atom stereocenters. The number of nitrogens with zero attached hydrogens (tertiary/aromatic N) is 1. The number of para-hydroxylation sites is 1. The number of nitrogens with one attached hydrogen (secondary N) is 1. The molecule has 0 bridgehead atoms. The number of allylic oxidation sites excluding steroid dienone is 1. The van der Waals surface area contributed by atoms with Crippen LogP contribution in [0.2, 0.25) is 0 Å². The summed E-state index contributed by atoms with van der Waals surface area (Å²) in [6, 6.07) is 7.77. The van der Waals surface area contributed by atoms with Gasteiger partial charge in [-0.25, -0.2) is 14.2 Å². The van der Waals surface area contributed by atoms with E-state index in [4.69, 9.17) is 0 Å². The molecular formula is C19H10F6N2O5. The van der Waals surface area contributed by atoms with Gasteiger partial charge in [0.15, 0.2) is 5.75 Å². The lowest BCUT2D eigenvalue weighted by atomic mass is 10.1. The van der Waals surface area contributed by atoms with Gasteiger partial charge in [-0.1, -0.05) is 18.2 Å². The van der Waals surface area contributed by atoms with E-state index in [1.807, 2.05) is 0 Å². The van der Waals surface area contributed by atoms with Crippen LogP contribution in [-0.4, -0.2) is 23.1 Å². The normalized spacial score (nSPS) is 12.3. The molecule has 7 nitrogen and oxygen atoms in total. The molecule has 0 saturated heterocycles. The monoisotopic (exact) mass is 460 g/mol. The van der Waals surface area contributed by atoms with Gasteiger partial charge in [0.05, 0.1) is 16.6 Å². The van der Waals surface area contributed by atoms with Crippen LogP contribution in [0.5, 0.6) is 5.75 Å². The van der Waals surface area contributed by atoms with E-state index in [-0.39, 0.29) is 16.5 Å². The number of ether oxygens (including phenoxy) is 1. The summed E-state index contributed by atoms with van der Waals surface area (Å²) in [7, 11) is 0. The molecule has 1 aromatic heterocycles. The maximum Gasteiger partial charge on any atom is 0.573 e. The third-order valence-electron chi connectivity index (χ3n) is 3.87. The summed E-state index contributed by atoms with van der Waals surface area (Å²) in [6.45, 7) is 0. The lowest BCUT2D eigenvalue weighted by molar-refractivity contribution is -0.274. The highest BCUT2D eigenvalue weighted by atomic mass is 19.4. The third-order valence-corrected chi connectivity index (χ3v) is 3.87. The van der Waals surface area contributed by atoms with Crippen molar-refractivity contribution in [2.75, 3.05) is 5.32 Å². The van der Waals surface area contributed by atoms with Gasteiger partial charge in [-0.15, -0.1) is 13.2 Å². The van der Waals surface area contributed by atoms with Crippen molar-refractivity contribution >= 4 is 28.6 Å². The lowest BCUT2D eigenvalue weighted by Crippen LogP contribution is -2.29. The highest BCUT2D eigenvalue weighted by Gasteiger charge is 2.34. The van der Waals surface area contributed by atoms with E-state index in [0.29, 0.717) is 16.7 Å². The van der Waals surface area contributed by atoms with E-state index in [2.05, 4.69) is 9.15 Å². The van der Waals surface area contributed by atoms with Crippen molar-refractivity contribution in [1.82, 2.24) is 4.57 Å². The van der Waals surface area contributed by atoms with E-state index in [0.717, 1.165) is 23.5 Å². The molecule has 0 spiro atoms. The van der Waals surface area contributed by atoms with Crippen molar-refractivity contribution in [2.45, 2.75) is 12.7 Å². The van der Waals surface area contributed by atoms with E-state index in [9.17, 15) is 40.7 Å². The summed E-state index contributed by atoms with van der Waals surface area (Å²) in [4.78, 5) is 36.2. The summed E-state index contributed by atoms with van der Waals surface area (Å²) in [6.07, 6.45) is -8.61. The molecule has 2 aromatic carbocycles. The molecule has 13 heteroatoms. The molecule has 0 aliphatic carbocycles. The smallest absolute Gasteiger partial charge is 0.404 e. The Labute approximate surface area is 173 Å². The maximum atomic E-state index is 12.6. The second-order valence-electron chi connectivity index (χ2n) is 6.11. The van der Waals surface area contributed by atoms with E-state index < -0.39 is 41.4 Å². The maximum absolute atomic E-state index is 12.6. The van der Waals surface area contributed by atoms with Crippen LogP contribution >= 0.6 is 0 Å². The molecule has 3 aromatic rings. The zero-order valence-electron chi connectivity index (χ0n) is 15.5. The zero-order valence-corrected chi connectivity index (χ0v) is 15.5. The Morgan fingerprint density at radius 1 is 1.03 bits per heavy atom. The van der Waals surface area contributed by atoms with Gasteiger partial charge in [0, 0.05) is 6.08 Å². The molecule has 0 unspecified atom stereocenters. The average Bonchev–Trinajstić information content (AvgIpc) is 2.66. The molecule has 168 valence electrons. The average molecular weight is 460 g/mol. The van der Waals surface area contributed by atoms with Gasteiger partial charge in [-0.3, -0.25) is 10.1 Å². The van der Waals surface area contributed by atoms with Crippen molar-refractivity contribution in [3.8, 4) is 5.75 Å². The van der Waals surface area contributed by atoms with Gasteiger partial charge in [0.1, 0.15) is 0 Å². The van der Waals surface area contributed by atoms with Crippen molar-refractivity contribution in [1.29, 1.82) is 0 Å². The van der Waals surface area contributed by atoms with Crippen LogP contribution in [0.25, 0.3) is 17.0 Å². The standard InChI is InChI=1S/C19H10F6N2O5/c20-18(21,22)26-12-7-5-10(9-14(12)32-19(23,24)25)6-8-15(28)27-13-4-2-1-3-11(13)16(29)31-17(27)30/h1-9,26H/b8-6+. The number of hydrogen-bond acceptors (Lipinski definition) is 6. The Morgan fingerprint density at radius 2 is 1.72 bits per heavy atom. The molecule has 0 amide bonds. The number of rotatable bonds is 4. The van der Waals surface area contributed by atoms with Crippen LogP contribution in [0.3, 0.4) is 0 Å². The number of carbonyl (C=O) groups excluding carboxylic acids is 1. The van der Waals surface area contributed by atoms with Crippen LogP contribution in [0.1, 0.15) is 10.4 Å². The second kappa shape index (κ2) is 8.24. The van der Waals surface area contributed by atoms with Gasteiger partial charge in [0.25, 0.3) is 5.91 Å². The number of fused-ring (bicyclic) bond motifs is 1. The predicted octanol–water partition coefficient (Wildman–Crippen LogP) is 4.14. The Balaban J connectivity index is 1.98. The predicted molar refractivity (Wildman–Crippen MR) is 99.2 cm³/mol. The molecule has 0 aliphatic heterocycles. The van der Waals surface area contributed by atoms with Gasteiger partial charge in [-0.05, 0) is 35.9 Å². The van der Waals surface area contributed by atoms with Crippen LogP contribution in [-0.2, 0) is 0 Å². The first-order valence-electron chi connectivity index (χ1n) is 8.46. The summed E-state index contributed by atoms with van der Waals surface area (Å²) in [5.74, 6) is -3.52. The first-order valence-corrected chi connectivity index (χ1v) is 8.46. The van der Waals surface area contributed by atoms with Crippen LogP contribution in [0.4, 0.5) is 32.0 Å². The molecule has 1 N–H and O–H groups in total. The van der Waals surface area contributed by atoms with Crippen molar-refractivity contribution in [3.63, 3.8) is 0 Å². The molecule has 32 heavy (non-hydrogen) atoms. The van der Waals surface area contributed by atoms with Gasteiger partial charge in [-0.2, -0.15) is 13.2 Å². The third kappa shape index (κ3) is 5.36. The SMILES string of the molecule is O=C(/C=C/c1ccc(NC(F)(F)F)c(OC(F)(F)F)c1)n1c(=O)oc(=O)c2ccccc21. The molecule has 0 aliphatic rings. The van der Waals surface area contributed by atoms with Crippen molar-refractivity contribution in [3.05, 3.63) is 75.1 Å². The van der Waals surface area contributed by atoms with Crippen molar-refractivity contribution < 1.29 is 40.3 Å². The molecular weight excluding hydrogens is 450 g/mol. The van der Waals surface area contributed by atoms with Crippen LogP contribution < -0.4 is 21.4 Å². The summed E-state index contributed by atoms with van der Waals surface area (Å²) in [5.41, 5.74) is -2.21. The fourth-order valence-electron chi connectivity index (χ4n) is 2.68.